The highest BCUT2D eigenvalue weighted by atomic mass is 32.2. The molecule has 1 aliphatic rings. The van der Waals surface area contributed by atoms with Crippen LogP contribution in [0.3, 0.4) is 0 Å². The fourth-order valence-corrected chi connectivity index (χ4v) is 3.45. The molecule has 3 rings (SSSR count). The van der Waals surface area contributed by atoms with Crippen molar-refractivity contribution in [2.24, 2.45) is 5.10 Å². The number of aromatic hydroxyl groups is 1. The van der Waals surface area contributed by atoms with Crippen molar-refractivity contribution in [2.45, 2.75) is 0 Å². The summed E-state index contributed by atoms with van der Waals surface area (Å²) in [4.78, 5) is 23.7. The number of benzene rings is 2. The lowest BCUT2D eigenvalue weighted by Gasteiger charge is -2.08. The van der Waals surface area contributed by atoms with Gasteiger partial charge in [-0.1, -0.05) is 42.1 Å². The van der Waals surface area contributed by atoms with E-state index in [0.717, 1.165) is 16.8 Å². The summed E-state index contributed by atoms with van der Waals surface area (Å²) in [5.74, 6) is -1.14. The second kappa shape index (κ2) is 8.68. The van der Waals surface area contributed by atoms with Gasteiger partial charge in [-0.05, 0) is 36.5 Å². The largest absolute Gasteiger partial charge is 0.507 e. The first kappa shape index (κ1) is 19.6. The second-order valence-electron chi connectivity index (χ2n) is 5.52. The molecule has 9 heteroatoms. The minimum atomic E-state index is -1.10. The van der Waals surface area contributed by atoms with Crippen LogP contribution >= 0.6 is 24.0 Å². The van der Waals surface area contributed by atoms with E-state index in [1.54, 1.807) is 48.5 Å². The molecular formula is C19H14N2O5S2. The maximum atomic E-state index is 12.6. The van der Waals surface area contributed by atoms with Gasteiger partial charge in [0.05, 0.1) is 11.1 Å². The number of aliphatic carboxylic acids is 1. The van der Waals surface area contributed by atoms with Crippen LogP contribution in [-0.4, -0.2) is 44.2 Å². The zero-order valence-electron chi connectivity index (χ0n) is 14.3. The van der Waals surface area contributed by atoms with Crippen LogP contribution < -0.4 is 4.74 Å². The van der Waals surface area contributed by atoms with Crippen molar-refractivity contribution >= 4 is 52.5 Å². The molecule has 1 amide bonds. The van der Waals surface area contributed by atoms with Crippen LogP contribution in [0, 0.1) is 0 Å². The third kappa shape index (κ3) is 4.56. The lowest BCUT2D eigenvalue weighted by molar-refractivity contribution is -0.139. The number of thioether (sulfide) groups is 1. The molecule has 0 aromatic heterocycles. The van der Waals surface area contributed by atoms with Crippen molar-refractivity contribution in [2.75, 3.05) is 6.61 Å². The van der Waals surface area contributed by atoms with Gasteiger partial charge in [-0.25, -0.2) is 4.79 Å². The van der Waals surface area contributed by atoms with E-state index < -0.39 is 18.5 Å². The first-order chi connectivity index (χ1) is 13.5. The number of phenols is 1. The Hall–Kier alpha value is -3.17. The summed E-state index contributed by atoms with van der Waals surface area (Å²) in [6.07, 6.45) is 2.93. The smallest absolute Gasteiger partial charge is 0.341 e. The summed E-state index contributed by atoms with van der Waals surface area (Å²) in [5, 5.41) is 23.7. The Morgan fingerprint density at radius 3 is 2.57 bits per heavy atom. The summed E-state index contributed by atoms with van der Waals surface area (Å²) in [5.41, 5.74) is 1.00. The maximum Gasteiger partial charge on any atom is 0.341 e. The Bertz CT molecular complexity index is 1000. The van der Waals surface area contributed by atoms with Crippen molar-refractivity contribution in [1.82, 2.24) is 5.01 Å². The zero-order valence-corrected chi connectivity index (χ0v) is 15.9. The molecule has 0 spiro atoms. The number of hydrazone groups is 1. The van der Waals surface area contributed by atoms with Gasteiger partial charge in [-0.15, -0.1) is 0 Å². The molecule has 142 valence electrons. The SMILES string of the molecule is O=C(O)COc1ccccc1/C=C1\SC(=S)N(N=Cc2ccccc2O)C1=O. The fourth-order valence-electron chi connectivity index (χ4n) is 2.29. The van der Waals surface area contributed by atoms with E-state index >= 15 is 0 Å². The van der Waals surface area contributed by atoms with Gasteiger partial charge in [0.1, 0.15) is 11.5 Å². The van der Waals surface area contributed by atoms with Crippen molar-refractivity contribution < 1.29 is 24.5 Å². The minimum absolute atomic E-state index is 0.0386. The van der Waals surface area contributed by atoms with Gasteiger partial charge in [0.2, 0.25) is 0 Å². The normalized spacial score (nSPS) is 15.6. The van der Waals surface area contributed by atoms with E-state index in [1.807, 2.05) is 0 Å². The average Bonchev–Trinajstić information content (AvgIpc) is 2.93. The Kier molecular flexibility index (Phi) is 6.07. The van der Waals surface area contributed by atoms with Gasteiger partial charge in [0, 0.05) is 11.1 Å². The highest BCUT2D eigenvalue weighted by Crippen LogP contribution is 2.34. The Morgan fingerprint density at radius 1 is 1.18 bits per heavy atom. The quantitative estimate of drug-likeness (QED) is 0.426. The highest BCUT2D eigenvalue weighted by molar-refractivity contribution is 8.26. The van der Waals surface area contributed by atoms with Gasteiger partial charge in [-0.2, -0.15) is 10.1 Å². The number of carboxylic acid groups (broad SMARTS) is 1. The van der Waals surface area contributed by atoms with Crippen molar-refractivity contribution in [3.63, 3.8) is 0 Å². The summed E-state index contributed by atoms with van der Waals surface area (Å²) in [7, 11) is 0. The van der Waals surface area contributed by atoms with Crippen LogP contribution in [0.1, 0.15) is 11.1 Å². The fraction of sp³-hybridized carbons (Fsp3) is 0.0526. The first-order valence-electron chi connectivity index (χ1n) is 7.99. The molecule has 7 nitrogen and oxygen atoms in total. The number of hydrogen-bond acceptors (Lipinski definition) is 7. The van der Waals surface area contributed by atoms with Crippen molar-refractivity contribution in [1.29, 1.82) is 0 Å². The number of rotatable bonds is 6. The Morgan fingerprint density at radius 2 is 1.86 bits per heavy atom. The van der Waals surface area contributed by atoms with Crippen molar-refractivity contribution in [3.8, 4) is 11.5 Å². The van der Waals surface area contributed by atoms with Gasteiger partial charge >= 0.3 is 5.97 Å². The number of carbonyl (C=O) groups is 2. The standard InChI is InChI=1S/C19H14N2O5S2/c22-14-7-3-1-6-13(14)10-20-21-18(25)16(28-19(21)27)9-12-5-2-4-8-15(12)26-11-17(23)24/h1-10,22H,11H2,(H,23,24)/b16-9-,20-10?. The van der Waals surface area contributed by atoms with Crippen LogP contribution in [0.15, 0.2) is 58.5 Å². The topological polar surface area (TPSA) is 99.4 Å². The van der Waals surface area contributed by atoms with E-state index in [2.05, 4.69) is 5.10 Å². The third-order valence-corrected chi connectivity index (χ3v) is 4.86. The Balaban J connectivity index is 1.82. The predicted molar refractivity (Wildman–Crippen MR) is 110 cm³/mol. The summed E-state index contributed by atoms with van der Waals surface area (Å²) >= 11 is 6.29. The monoisotopic (exact) mass is 414 g/mol. The third-order valence-electron chi connectivity index (χ3n) is 3.58. The predicted octanol–water partition coefficient (Wildman–Crippen LogP) is 3.09. The van der Waals surface area contributed by atoms with Crippen LogP contribution in [0.5, 0.6) is 11.5 Å². The molecule has 2 aromatic carbocycles. The molecule has 1 saturated heterocycles. The number of amides is 1. The van der Waals surface area contributed by atoms with E-state index in [-0.39, 0.29) is 10.1 Å². The van der Waals surface area contributed by atoms with Crippen LogP contribution in [0.2, 0.25) is 0 Å². The van der Waals surface area contributed by atoms with Crippen molar-refractivity contribution in [3.05, 3.63) is 64.6 Å². The molecule has 0 aliphatic carbocycles. The molecule has 0 atom stereocenters. The van der Waals surface area contributed by atoms with E-state index in [4.69, 9.17) is 22.1 Å². The van der Waals surface area contributed by atoms with Gasteiger partial charge in [-0.3, -0.25) is 4.79 Å². The number of hydrogen-bond donors (Lipinski definition) is 2. The van der Waals surface area contributed by atoms with Crippen LogP contribution in [0.25, 0.3) is 6.08 Å². The molecular weight excluding hydrogens is 400 g/mol. The number of carboxylic acids is 1. The highest BCUT2D eigenvalue weighted by Gasteiger charge is 2.32. The number of phenolic OH excluding ortho intramolecular Hbond substituents is 1. The number of carbonyl (C=O) groups excluding carboxylic acids is 1. The molecule has 0 unspecified atom stereocenters. The molecule has 1 fully saturated rings. The first-order valence-corrected chi connectivity index (χ1v) is 9.22. The number of nitrogens with zero attached hydrogens (tertiary/aromatic N) is 2. The summed E-state index contributed by atoms with van der Waals surface area (Å²) in [6, 6.07) is 13.4. The lowest BCUT2D eigenvalue weighted by atomic mass is 10.2. The van der Waals surface area contributed by atoms with Gasteiger partial charge in [0.15, 0.2) is 10.9 Å². The zero-order chi connectivity index (χ0) is 20.1. The molecule has 1 heterocycles. The molecule has 2 N–H and O–H groups in total. The molecule has 2 aromatic rings. The molecule has 0 bridgehead atoms. The van der Waals surface area contributed by atoms with E-state index in [9.17, 15) is 14.7 Å². The summed E-state index contributed by atoms with van der Waals surface area (Å²) < 4.78 is 5.49. The number of ether oxygens (including phenoxy) is 1. The van der Waals surface area contributed by atoms with E-state index in [1.165, 1.54) is 12.3 Å². The molecule has 1 aliphatic heterocycles. The average molecular weight is 414 g/mol. The maximum absolute atomic E-state index is 12.6. The van der Waals surface area contributed by atoms with Crippen LogP contribution in [-0.2, 0) is 9.59 Å². The lowest BCUT2D eigenvalue weighted by Crippen LogP contribution is -2.22. The number of thiocarbonyl (C=S) groups is 1. The van der Waals surface area contributed by atoms with E-state index in [0.29, 0.717) is 21.8 Å². The second-order valence-corrected chi connectivity index (χ2v) is 7.19. The summed E-state index contributed by atoms with van der Waals surface area (Å²) in [6.45, 7) is -0.489. The minimum Gasteiger partial charge on any atom is -0.507 e. The van der Waals surface area contributed by atoms with Gasteiger partial charge in [0.25, 0.3) is 5.91 Å². The molecule has 0 radical (unpaired) electrons. The Labute approximate surface area is 169 Å². The molecule has 28 heavy (non-hydrogen) atoms. The van der Waals surface area contributed by atoms with Crippen LogP contribution in [0.4, 0.5) is 0 Å². The van der Waals surface area contributed by atoms with Gasteiger partial charge < -0.3 is 14.9 Å². The molecule has 0 saturated carbocycles. The number of para-hydroxylation sites is 2.